The largest absolute Gasteiger partial charge is 0.383 e. The zero-order valence-corrected chi connectivity index (χ0v) is 12.9. The molecule has 1 aromatic heterocycles. The van der Waals surface area contributed by atoms with Crippen molar-refractivity contribution in [3.05, 3.63) is 29.7 Å². The predicted octanol–water partition coefficient (Wildman–Crippen LogP) is 1.29. The van der Waals surface area contributed by atoms with Crippen molar-refractivity contribution in [3.8, 4) is 0 Å². The van der Waals surface area contributed by atoms with Crippen molar-refractivity contribution in [1.29, 1.82) is 0 Å². The van der Waals surface area contributed by atoms with Crippen molar-refractivity contribution < 1.29 is 13.2 Å². The van der Waals surface area contributed by atoms with Crippen LogP contribution >= 0.6 is 11.3 Å². The van der Waals surface area contributed by atoms with Gasteiger partial charge in [-0.3, -0.25) is 0 Å². The summed E-state index contributed by atoms with van der Waals surface area (Å²) in [6, 6.07) is 1.71. The fourth-order valence-electron chi connectivity index (χ4n) is 1.56. The van der Waals surface area contributed by atoms with E-state index in [-0.39, 0.29) is 6.54 Å². The number of hydrogen-bond acceptors (Lipinski definition) is 5. The summed E-state index contributed by atoms with van der Waals surface area (Å²) in [5.74, 6) is 0. The lowest BCUT2D eigenvalue weighted by atomic mass is 10.3. The van der Waals surface area contributed by atoms with Crippen LogP contribution in [-0.2, 0) is 21.3 Å². The molecule has 0 saturated carbocycles. The van der Waals surface area contributed by atoms with Crippen LogP contribution in [-0.4, -0.2) is 46.6 Å². The minimum absolute atomic E-state index is 0.283. The number of hydrogen-bond donors (Lipinski definition) is 1. The Labute approximate surface area is 118 Å². The van der Waals surface area contributed by atoms with Gasteiger partial charge in [0, 0.05) is 26.7 Å². The lowest BCUT2D eigenvalue weighted by Crippen LogP contribution is -2.33. The first kappa shape index (κ1) is 16.3. The molecule has 0 aromatic carbocycles. The van der Waals surface area contributed by atoms with E-state index < -0.39 is 10.0 Å². The first-order valence-corrected chi connectivity index (χ1v) is 8.20. The van der Waals surface area contributed by atoms with Crippen molar-refractivity contribution in [1.82, 2.24) is 9.62 Å². The van der Waals surface area contributed by atoms with Crippen LogP contribution in [0.5, 0.6) is 0 Å². The third kappa shape index (κ3) is 4.39. The summed E-state index contributed by atoms with van der Waals surface area (Å²) >= 11 is 1.24. The van der Waals surface area contributed by atoms with Crippen molar-refractivity contribution >= 4 is 21.4 Å². The van der Waals surface area contributed by atoms with Crippen LogP contribution in [0.25, 0.3) is 0 Å². The van der Waals surface area contributed by atoms with Crippen molar-refractivity contribution in [3.63, 3.8) is 0 Å². The second-order valence-electron chi connectivity index (χ2n) is 3.95. The summed E-state index contributed by atoms with van der Waals surface area (Å²) < 4.78 is 31.6. The normalized spacial score (nSPS) is 11.9. The molecular weight excluding hydrogens is 284 g/mol. The number of rotatable bonds is 9. The Morgan fingerprint density at radius 1 is 1.58 bits per heavy atom. The standard InChI is InChI=1S/C12H20N2O3S2/c1-4-5-14(6-7-17-3)19(15,16)12-8-11(9-13-2)10-18-12/h4,8,10,13H,1,5-7,9H2,2-3H3. The molecule has 1 aromatic rings. The van der Waals surface area contributed by atoms with E-state index in [1.807, 2.05) is 12.4 Å². The molecule has 0 atom stereocenters. The van der Waals surface area contributed by atoms with Gasteiger partial charge in [-0.1, -0.05) is 6.08 Å². The van der Waals surface area contributed by atoms with Crippen molar-refractivity contribution in [2.45, 2.75) is 10.8 Å². The number of thiophene rings is 1. The minimum Gasteiger partial charge on any atom is -0.383 e. The van der Waals surface area contributed by atoms with Crippen LogP contribution in [0, 0.1) is 0 Å². The molecule has 1 N–H and O–H groups in total. The van der Waals surface area contributed by atoms with E-state index in [1.54, 1.807) is 19.3 Å². The van der Waals surface area contributed by atoms with Gasteiger partial charge in [0.1, 0.15) is 4.21 Å². The Bertz CT molecular complexity index is 497. The predicted molar refractivity (Wildman–Crippen MR) is 77.9 cm³/mol. The molecule has 0 bridgehead atoms. The van der Waals surface area contributed by atoms with Gasteiger partial charge < -0.3 is 10.1 Å². The Kier molecular flexibility index (Phi) is 6.67. The summed E-state index contributed by atoms with van der Waals surface area (Å²) in [6.07, 6.45) is 1.58. The van der Waals surface area contributed by atoms with Crippen LogP contribution in [0.4, 0.5) is 0 Å². The third-order valence-corrected chi connectivity index (χ3v) is 5.81. The quantitative estimate of drug-likeness (QED) is 0.699. The lowest BCUT2D eigenvalue weighted by Gasteiger charge is -2.19. The van der Waals surface area contributed by atoms with Crippen molar-refractivity contribution in [2.75, 3.05) is 33.9 Å². The molecule has 108 valence electrons. The zero-order valence-electron chi connectivity index (χ0n) is 11.3. The van der Waals surface area contributed by atoms with Gasteiger partial charge in [-0.25, -0.2) is 8.42 Å². The molecule has 0 spiro atoms. The van der Waals surface area contributed by atoms with Gasteiger partial charge in [0.05, 0.1) is 6.61 Å². The molecule has 0 aliphatic heterocycles. The average molecular weight is 304 g/mol. The minimum atomic E-state index is -3.46. The SMILES string of the molecule is C=CCN(CCOC)S(=O)(=O)c1cc(CNC)cs1. The molecule has 7 heteroatoms. The number of nitrogens with zero attached hydrogens (tertiary/aromatic N) is 1. The Balaban J connectivity index is 2.93. The molecule has 0 unspecified atom stereocenters. The van der Waals surface area contributed by atoms with E-state index in [9.17, 15) is 8.42 Å². The van der Waals surface area contributed by atoms with Gasteiger partial charge in [-0.05, 0) is 24.1 Å². The highest BCUT2D eigenvalue weighted by atomic mass is 32.2. The van der Waals surface area contributed by atoms with E-state index in [2.05, 4.69) is 11.9 Å². The first-order chi connectivity index (χ1) is 9.06. The molecule has 0 aliphatic carbocycles. The molecule has 1 rings (SSSR count). The molecule has 0 radical (unpaired) electrons. The van der Waals surface area contributed by atoms with E-state index in [1.165, 1.54) is 15.6 Å². The topological polar surface area (TPSA) is 58.6 Å². The second-order valence-corrected chi connectivity index (χ2v) is 7.02. The fraction of sp³-hybridized carbons (Fsp3) is 0.500. The summed E-state index contributed by atoms with van der Waals surface area (Å²) in [7, 11) is -0.0818. The fourth-order valence-corrected chi connectivity index (χ4v) is 4.32. The van der Waals surface area contributed by atoms with Gasteiger partial charge in [-0.2, -0.15) is 4.31 Å². The summed E-state index contributed by atoms with van der Waals surface area (Å²) in [5.41, 5.74) is 0.969. The maximum Gasteiger partial charge on any atom is 0.252 e. The first-order valence-electron chi connectivity index (χ1n) is 5.88. The van der Waals surface area contributed by atoms with E-state index in [0.29, 0.717) is 23.9 Å². The molecule has 0 amide bonds. The number of sulfonamides is 1. The second kappa shape index (κ2) is 7.76. The van der Waals surface area contributed by atoms with Crippen LogP contribution < -0.4 is 5.32 Å². The van der Waals surface area contributed by atoms with Crippen LogP contribution in [0.3, 0.4) is 0 Å². The molecule has 0 aliphatic rings. The van der Waals surface area contributed by atoms with E-state index in [0.717, 1.165) is 5.56 Å². The summed E-state index contributed by atoms with van der Waals surface area (Å²) in [5, 5.41) is 4.85. The third-order valence-electron chi connectivity index (χ3n) is 2.48. The number of methoxy groups -OCH3 is 1. The number of ether oxygens (including phenoxy) is 1. The van der Waals surface area contributed by atoms with Crippen molar-refractivity contribution in [2.24, 2.45) is 0 Å². The highest BCUT2D eigenvalue weighted by Crippen LogP contribution is 2.23. The molecule has 19 heavy (non-hydrogen) atoms. The molecule has 5 nitrogen and oxygen atoms in total. The maximum absolute atomic E-state index is 12.5. The van der Waals surface area contributed by atoms with Crippen LogP contribution in [0.1, 0.15) is 5.56 Å². The maximum atomic E-state index is 12.5. The van der Waals surface area contributed by atoms with Gasteiger partial charge in [0.2, 0.25) is 0 Å². The smallest absolute Gasteiger partial charge is 0.252 e. The monoisotopic (exact) mass is 304 g/mol. The number of nitrogens with one attached hydrogen (secondary N) is 1. The molecule has 0 fully saturated rings. The van der Waals surface area contributed by atoms with E-state index >= 15 is 0 Å². The van der Waals surface area contributed by atoms with Crippen LogP contribution in [0.15, 0.2) is 28.3 Å². The van der Waals surface area contributed by atoms with Gasteiger partial charge in [0.25, 0.3) is 10.0 Å². The Morgan fingerprint density at radius 2 is 2.32 bits per heavy atom. The highest BCUT2D eigenvalue weighted by Gasteiger charge is 2.24. The lowest BCUT2D eigenvalue weighted by molar-refractivity contribution is 0.182. The summed E-state index contributed by atoms with van der Waals surface area (Å²) in [4.78, 5) is 0. The van der Waals surface area contributed by atoms with Gasteiger partial charge >= 0.3 is 0 Å². The zero-order chi connectivity index (χ0) is 14.3. The van der Waals surface area contributed by atoms with Gasteiger partial charge in [0.15, 0.2) is 0 Å². The molecular formula is C12H20N2O3S2. The highest BCUT2D eigenvalue weighted by molar-refractivity contribution is 7.91. The Morgan fingerprint density at radius 3 is 2.89 bits per heavy atom. The van der Waals surface area contributed by atoms with Crippen LogP contribution in [0.2, 0.25) is 0 Å². The summed E-state index contributed by atoms with van der Waals surface area (Å²) in [6.45, 7) is 5.22. The van der Waals surface area contributed by atoms with E-state index in [4.69, 9.17) is 4.74 Å². The average Bonchev–Trinajstić information content (AvgIpc) is 2.84. The molecule has 0 saturated heterocycles. The Hall–Kier alpha value is -0.730. The van der Waals surface area contributed by atoms with Gasteiger partial charge in [-0.15, -0.1) is 17.9 Å². The molecule has 1 heterocycles.